The summed E-state index contributed by atoms with van der Waals surface area (Å²) in [6.07, 6.45) is 4.54. The quantitative estimate of drug-likeness (QED) is 0.477. The molecule has 0 radical (unpaired) electrons. The van der Waals surface area contributed by atoms with Crippen molar-refractivity contribution in [2.24, 2.45) is 0 Å². The van der Waals surface area contributed by atoms with Crippen LogP contribution in [-0.4, -0.2) is 7.11 Å². The van der Waals surface area contributed by atoms with Crippen LogP contribution in [0.25, 0.3) is 11.8 Å². The summed E-state index contributed by atoms with van der Waals surface area (Å²) in [6, 6.07) is 23.3. The molecule has 1 atom stereocenters. The second kappa shape index (κ2) is 7.73. The molecule has 0 spiro atoms. The summed E-state index contributed by atoms with van der Waals surface area (Å²) >= 11 is 0. The van der Waals surface area contributed by atoms with Crippen molar-refractivity contribution < 1.29 is 9.13 Å². The van der Waals surface area contributed by atoms with Gasteiger partial charge in [-0.1, -0.05) is 48.5 Å². The lowest BCUT2D eigenvalue weighted by atomic mass is 9.89. The van der Waals surface area contributed by atoms with Gasteiger partial charge in [-0.15, -0.1) is 6.58 Å². The van der Waals surface area contributed by atoms with Crippen LogP contribution >= 0.6 is 0 Å². The van der Waals surface area contributed by atoms with E-state index in [0.29, 0.717) is 12.0 Å². The number of halogens is 1. The molecular formula is C25H22FNO. The Kier molecular flexibility index (Phi) is 4.98. The van der Waals surface area contributed by atoms with Gasteiger partial charge in [0.25, 0.3) is 0 Å². The third-order valence-electron chi connectivity index (χ3n) is 5.11. The molecule has 0 saturated heterocycles. The minimum atomic E-state index is -0.200. The molecule has 0 N–H and O–H groups in total. The molecule has 2 nitrogen and oxygen atoms in total. The molecule has 0 amide bonds. The molecule has 0 fully saturated rings. The van der Waals surface area contributed by atoms with Crippen LogP contribution in [-0.2, 0) is 0 Å². The zero-order valence-corrected chi connectivity index (χ0v) is 15.8. The first-order chi connectivity index (χ1) is 13.7. The summed E-state index contributed by atoms with van der Waals surface area (Å²) in [6.45, 7) is 3.94. The number of fused-ring (bicyclic) bond motifs is 1. The van der Waals surface area contributed by atoms with Crippen LogP contribution in [0.5, 0.6) is 5.75 Å². The molecule has 3 aromatic carbocycles. The Bertz CT molecular complexity index is 1010. The van der Waals surface area contributed by atoms with Crippen molar-refractivity contribution in [3.05, 3.63) is 108 Å². The molecule has 3 aromatic rings. The Labute approximate surface area is 165 Å². The molecule has 0 aromatic heterocycles. The van der Waals surface area contributed by atoms with Gasteiger partial charge >= 0.3 is 0 Å². The van der Waals surface area contributed by atoms with Crippen molar-refractivity contribution in [2.75, 3.05) is 12.0 Å². The summed E-state index contributed by atoms with van der Waals surface area (Å²) < 4.78 is 20.0. The molecule has 1 unspecified atom stereocenters. The standard InChI is InChI=1S/C25H22FNO/c1-3-8-24-21-11-7-12-23(26)22(21)17-25(18-9-5-4-6-10-18)27(24)19-13-15-20(28-2)16-14-19/h3-7,9-17,24H,1,8H2,2H3. The van der Waals surface area contributed by atoms with Gasteiger partial charge in [0.2, 0.25) is 0 Å². The maximum atomic E-state index is 14.7. The first kappa shape index (κ1) is 18.1. The van der Waals surface area contributed by atoms with Crippen molar-refractivity contribution in [3.8, 4) is 5.75 Å². The summed E-state index contributed by atoms with van der Waals surface area (Å²) in [7, 11) is 1.66. The van der Waals surface area contributed by atoms with Gasteiger partial charge in [-0.05, 0) is 54.0 Å². The highest BCUT2D eigenvalue weighted by molar-refractivity contribution is 5.94. The van der Waals surface area contributed by atoms with Crippen molar-refractivity contribution in [2.45, 2.75) is 12.5 Å². The summed E-state index contributed by atoms with van der Waals surface area (Å²) in [5.74, 6) is 0.604. The van der Waals surface area contributed by atoms with Crippen LogP contribution in [0.4, 0.5) is 10.1 Å². The van der Waals surface area contributed by atoms with Crippen LogP contribution in [0, 0.1) is 5.82 Å². The monoisotopic (exact) mass is 371 g/mol. The van der Waals surface area contributed by atoms with Gasteiger partial charge in [0.15, 0.2) is 0 Å². The van der Waals surface area contributed by atoms with Gasteiger partial charge in [0.1, 0.15) is 11.6 Å². The number of nitrogens with zero attached hydrogens (tertiary/aromatic N) is 1. The van der Waals surface area contributed by atoms with Crippen LogP contribution in [0.1, 0.15) is 29.2 Å². The number of hydrogen-bond donors (Lipinski definition) is 0. The number of hydrogen-bond acceptors (Lipinski definition) is 2. The van der Waals surface area contributed by atoms with Gasteiger partial charge in [-0.25, -0.2) is 4.39 Å². The van der Waals surface area contributed by atoms with E-state index in [1.165, 1.54) is 6.07 Å². The van der Waals surface area contributed by atoms with Crippen LogP contribution < -0.4 is 9.64 Å². The third kappa shape index (κ3) is 3.20. The maximum Gasteiger partial charge on any atom is 0.130 e. The summed E-state index contributed by atoms with van der Waals surface area (Å²) in [5, 5.41) is 0. The first-order valence-electron chi connectivity index (χ1n) is 9.32. The van der Waals surface area contributed by atoms with Gasteiger partial charge in [-0.2, -0.15) is 0 Å². The van der Waals surface area contributed by atoms with Crippen LogP contribution in [0.3, 0.4) is 0 Å². The van der Waals surface area contributed by atoms with E-state index in [4.69, 9.17) is 4.74 Å². The highest BCUT2D eigenvalue weighted by Gasteiger charge is 2.31. The molecule has 28 heavy (non-hydrogen) atoms. The number of ether oxygens (including phenoxy) is 1. The molecule has 1 heterocycles. The Morgan fingerprint density at radius 1 is 1.00 bits per heavy atom. The molecular weight excluding hydrogens is 349 g/mol. The predicted octanol–water partition coefficient (Wildman–Crippen LogP) is 6.47. The Morgan fingerprint density at radius 2 is 1.75 bits per heavy atom. The van der Waals surface area contributed by atoms with E-state index >= 15 is 0 Å². The van der Waals surface area contributed by atoms with E-state index in [1.807, 2.05) is 60.7 Å². The molecule has 3 heteroatoms. The fourth-order valence-corrected chi connectivity index (χ4v) is 3.79. The van der Waals surface area contributed by atoms with Crippen LogP contribution in [0.2, 0.25) is 0 Å². The molecule has 4 rings (SSSR count). The summed E-state index contributed by atoms with van der Waals surface area (Å²) in [5.41, 5.74) is 4.66. The average molecular weight is 371 g/mol. The Balaban J connectivity index is 1.94. The second-order valence-corrected chi connectivity index (χ2v) is 6.75. The topological polar surface area (TPSA) is 12.5 Å². The molecule has 1 aliphatic heterocycles. The fraction of sp³-hybridized carbons (Fsp3) is 0.120. The zero-order valence-electron chi connectivity index (χ0n) is 15.8. The maximum absolute atomic E-state index is 14.7. The third-order valence-corrected chi connectivity index (χ3v) is 5.11. The smallest absolute Gasteiger partial charge is 0.130 e. The van der Waals surface area contributed by atoms with Gasteiger partial charge in [0.05, 0.1) is 13.2 Å². The molecule has 0 bridgehead atoms. The number of methoxy groups -OCH3 is 1. The SMILES string of the molecule is C=CCC1c2cccc(F)c2C=C(c2ccccc2)N1c1ccc(OC)cc1. The lowest BCUT2D eigenvalue weighted by Crippen LogP contribution is -2.30. The summed E-state index contributed by atoms with van der Waals surface area (Å²) in [4.78, 5) is 2.26. The van der Waals surface area contributed by atoms with Gasteiger partial charge < -0.3 is 9.64 Å². The lowest BCUT2D eigenvalue weighted by molar-refractivity contribution is 0.415. The fourth-order valence-electron chi connectivity index (χ4n) is 3.79. The van der Waals surface area contributed by atoms with Crippen molar-refractivity contribution in [1.82, 2.24) is 0 Å². The average Bonchev–Trinajstić information content (AvgIpc) is 2.75. The van der Waals surface area contributed by atoms with Crippen molar-refractivity contribution in [1.29, 1.82) is 0 Å². The van der Waals surface area contributed by atoms with E-state index in [2.05, 4.69) is 23.6 Å². The second-order valence-electron chi connectivity index (χ2n) is 6.75. The molecule has 140 valence electrons. The number of benzene rings is 3. The van der Waals surface area contributed by atoms with Gasteiger partial charge in [-0.3, -0.25) is 0 Å². The number of anilines is 1. The van der Waals surface area contributed by atoms with Crippen molar-refractivity contribution in [3.63, 3.8) is 0 Å². The molecule has 0 saturated carbocycles. The minimum Gasteiger partial charge on any atom is -0.497 e. The van der Waals surface area contributed by atoms with E-state index in [9.17, 15) is 4.39 Å². The van der Waals surface area contributed by atoms with Crippen LogP contribution in [0.15, 0.2) is 85.5 Å². The predicted molar refractivity (Wildman–Crippen MR) is 114 cm³/mol. The Hall–Kier alpha value is -3.33. The Morgan fingerprint density at radius 3 is 2.43 bits per heavy atom. The van der Waals surface area contributed by atoms with E-state index < -0.39 is 0 Å². The molecule has 0 aliphatic carbocycles. The highest BCUT2D eigenvalue weighted by atomic mass is 19.1. The van der Waals surface area contributed by atoms with E-state index in [-0.39, 0.29) is 11.9 Å². The van der Waals surface area contributed by atoms with E-state index in [0.717, 1.165) is 28.3 Å². The van der Waals surface area contributed by atoms with E-state index in [1.54, 1.807) is 13.2 Å². The normalized spacial score (nSPS) is 15.6. The zero-order chi connectivity index (χ0) is 19.5. The molecule has 1 aliphatic rings. The first-order valence-corrected chi connectivity index (χ1v) is 9.32. The minimum absolute atomic E-state index is 0.0446. The number of rotatable bonds is 5. The van der Waals surface area contributed by atoms with Crippen molar-refractivity contribution >= 4 is 17.5 Å². The highest BCUT2D eigenvalue weighted by Crippen LogP contribution is 2.44. The largest absolute Gasteiger partial charge is 0.497 e. The van der Waals surface area contributed by atoms with Gasteiger partial charge in [0, 0.05) is 16.9 Å². The lowest BCUT2D eigenvalue weighted by Gasteiger charge is -2.39.